The third kappa shape index (κ3) is 5.45. The van der Waals surface area contributed by atoms with E-state index < -0.39 is 5.97 Å². The molecule has 0 amide bonds. The molecule has 0 spiro atoms. The van der Waals surface area contributed by atoms with E-state index in [1.54, 1.807) is 7.11 Å². The lowest BCUT2D eigenvalue weighted by Gasteiger charge is -2.13. The van der Waals surface area contributed by atoms with E-state index in [1.165, 1.54) is 0 Å². The summed E-state index contributed by atoms with van der Waals surface area (Å²) in [5, 5.41) is 18.6. The van der Waals surface area contributed by atoms with Crippen molar-refractivity contribution in [3.05, 3.63) is 95.1 Å². The molecule has 0 aromatic heterocycles. The van der Waals surface area contributed by atoms with E-state index in [4.69, 9.17) is 15.3 Å². The van der Waals surface area contributed by atoms with Crippen molar-refractivity contribution in [2.75, 3.05) is 12.4 Å². The minimum Gasteiger partial charge on any atom is -0.495 e. The second kappa shape index (κ2) is 9.55. The number of hydrogen-bond acceptors (Lipinski definition) is 3. The number of anilines is 1. The Hall–Kier alpha value is -3.60. The van der Waals surface area contributed by atoms with Crippen LogP contribution >= 0.6 is 0 Å². The van der Waals surface area contributed by atoms with Crippen LogP contribution < -0.4 is 15.5 Å². The van der Waals surface area contributed by atoms with E-state index in [0.29, 0.717) is 18.7 Å². The molecule has 4 N–H and O–H groups in total. The molecule has 0 heterocycles. The second-order valence-corrected chi connectivity index (χ2v) is 6.76. The van der Waals surface area contributed by atoms with Crippen molar-refractivity contribution in [3.63, 3.8) is 0 Å². The van der Waals surface area contributed by atoms with E-state index in [0.717, 1.165) is 33.7 Å². The van der Waals surface area contributed by atoms with Crippen LogP contribution in [0, 0.1) is 0 Å². The Morgan fingerprint density at radius 1 is 0.966 bits per heavy atom. The topological polar surface area (TPSA) is 84.2 Å². The number of carboxylic acids is 1. The highest BCUT2D eigenvalue weighted by molar-refractivity contribution is 6.08. The minimum absolute atomic E-state index is 0.0993. The van der Waals surface area contributed by atoms with Gasteiger partial charge in [-0.25, -0.2) is 0 Å². The van der Waals surface area contributed by atoms with Gasteiger partial charge in [-0.1, -0.05) is 36.4 Å². The lowest BCUT2D eigenvalue weighted by molar-refractivity contribution is -0.137. The monoisotopic (exact) mass is 389 g/mol. The molecule has 5 heteroatoms. The standard InChI is InChI=1S/C24H24N2O3/c1-29-22-15-17(11-13-23(27)28)10-12-21(22)26-16-18-6-5-9-20(14-18)24(25)19-7-3-2-4-8-19/h2-10,12,14-15,25-26H,11,13,16H2,1H3,(H,27,28)/p+1. The van der Waals surface area contributed by atoms with Gasteiger partial charge in [0.05, 0.1) is 12.8 Å². The van der Waals surface area contributed by atoms with Gasteiger partial charge in [0, 0.05) is 24.1 Å². The van der Waals surface area contributed by atoms with Crippen molar-refractivity contribution in [1.29, 1.82) is 0 Å². The van der Waals surface area contributed by atoms with Crippen molar-refractivity contribution < 1.29 is 20.0 Å². The number of aryl methyl sites for hydroxylation is 1. The summed E-state index contributed by atoms with van der Waals surface area (Å²) in [6, 6.07) is 23.7. The van der Waals surface area contributed by atoms with Gasteiger partial charge in [0.15, 0.2) is 0 Å². The molecule has 0 saturated heterocycles. The van der Waals surface area contributed by atoms with Gasteiger partial charge in [-0.15, -0.1) is 0 Å². The molecule has 0 aliphatic carbocycles. The molecule has 3 rings (SSSR count). The first-order valence-corrected chi connectivity index (χ1v) is 9.46. The third-order valence-corrected chi connectivity index (χ3v) is 4.70. The van der Waals surface area contributed by atoms with E-state index in [2.05, 4.69) is 11.4 Å². The molecule has 29 heavy (non-hydrogen) atoms. The molecule has 3 aromatic carbocycles. The highest BCUT2D eigenvalue weighted by atomic mass is 16.5. The average Bonchev–Trinajstić information content (AvgIpc) is 2.76. The van der Waals surface area contributed by atoms with Crippen LogP contribution in [0.3, 0.4) is 0 Å². The zero-order valence-corrected chi connectivity index (χ0v) is 16.4. The first-order valence-electron chi connectivity index (χ1n) is 9.46. The molecule has 3 aromatic rings. The summed E-state index contributed by atoms with van der Waals surface area (Å²) in [5.74, 6) is -0.114. The maximum absolute atomic E-state index is 10.8. The zero-order valence-electron chi connectivity index (χ0n) is 16.4. The number of carbonyl (C=O) groups is 1. The molecule has 0 aliphatic rings. The van der Waals surface area contributed by atoms with Gasteiger partial charge in [-0.2, -0.15) is 0 Å². The van der Waals surface area contributed by atoms with Crippen LogP contribution in [0.15, 0.2) is 72.8 Å². The van der Waals surface area contributed by atoms with Crippen LogP contribution in [0.5, 0.6) is 5.75 Å². The first kappa shape index (κ1) is 20.1. The molecule has 148 valence electrons. The van der Waals surface area contributed by atoms with Gasteiger partial charge in [-0.05, 0) is 53.9 Å². The van der Waals surface area contributed by atoms with Crippen LogP contribution in [-0.4, -0.2) is 23.9 Å². The molecule has 5 nitrogen and oxygen atoms in total. The fourth-order valence-electron chi connectivity index (χ4n) is 3.12. The lowest BCUT2D eigenvalue weighted by Crippen LogP contribution is -2.41. The molecule has 0 radical (unpaired) electrons. The van der Waals surface area contributed by atoms with Gasteiger partial charge in [0.2, 0.25) is 5.71 Å². The summed E-state index contributed by atoms with van der Waals surface area (Å²) in [4.78, 5) is 10.8. The number of benzene rings is 3. The largest absolute Gasteiger partial charge is 0.495 e. The van der Waals surface area contributed by atoms with Crippen molar-refractivity contribution in [3.8, 4) is 5.75 Å². The van der Waals surface area contributed by atoms with Gasteiger partial charge < -0.3 is 15.2 Å². The quantitative estimate of drug-likeness (QED) is 0.491. The van der Waals surface area contributed by atoms with E-state index >= 15 is 0 Å². The molecular formula is C24H25N2O3+. The number of rotatable bonds is 9. The average molecular weight is 389 g/mol. The van der Waals surface area contributed by atoms with E-state index in [9.17, 15) is 4.79 Å². The smallest absolute Gasteiger partial charge is 0.303 e. The number of nitrogens with two attached hydrogens (primary N) is 1. The molecule has 0 unspecified atom stereocenters. The predicted octanol–water partition coefficient (Wildman–Crippen LogP) is 2.92. The number of nitrogens with one attached hydrogen (secondary N) is 1. The fourth-order valence-corrected chi connectivity index (χ4v) is 3.12. The Bertz CT molecular complexity index is 1000. The highest BCUT2D eigenvalue weighted by Crippen LogP contribution is 2.27. The Kier molecular flexibility index (Phi) is 6.63. The summed E-state index contributed by atoms with van der Waals surface area (Å²) in [6.07, 6.45) is 0.574. The minimum atomic E-state index is -0.808. The van der Waals surface area contributed by atoms with Gasteiger partial charge >= 0.3 is 5.97 Å². The number of aliphatic carboxylic acids is 1. The van der Waals surface area contributed by atoms with Gasteiger partial charge in [0.1, 0.15) is 5.75 Å². The summed E-state index contributed by atoms with van der Waals surface area (Å²) >= 11 is 0. The maximum Gasteiger partial charge on any atom is 0.303 e. The number of hydrogen-bond donors (Lipinski definition) is 3. The lowest BCUT2D eigenvalue weighted by atomic mass is 10.0. The maximum atomic E-state index is 10.8. The van der Waals surface area contributed by atoms with Crippen molar-refractivity contribution in [1.82, 2.24) is 0 Å². The van der Waals surface area contributed by atoms with Crippen LogP contribution in [-0.2, 0) is 17.8 Å². The molecular weight excluding hydrogens is 364 g/mol. The molecule has 0 bridgehead atoms. The van der Waals surface area contributed by atoms with E-state index in [-0.39, 0.29) is 6.42 Å². The van der Waals surface area contributed by atoms with Crippen LogP contribution in [0.1, 0.15) is 28.7 Å². The van der Waals surface area contributed by atoms with Crippen molar-refractivity contribution >= 4 is 17.4 Å². The Balaban J connectivity index is 1.70. The Labute approximate surface area is 170 Å². The second-order valence-electron chi connectivity index (χ2n) is 6.76. The van der Waals surface area contributed by atoms with Gasteiger partial charge in [0.25, 0.3) is 0 Å². The van der Waals surface area contributed by atoms with Crippen LogP contribution in [0.4, 0.5) is 5.69 Å². The Morgan fingerprint density at radius 3 is 2.45 bits per heavy atom. The zero-order chi connectivity index (χ0) is 20.6. The normalized spacial score (nSPS) is 10.4. The van der Waals surface area contributed by atoms with Crippen molar-refractivity contribution in [2.45, 2.75) is 19.4 Å². The summed E-state index contributed by atoms with van der Waals surface area (Å²) < 4.78 is 5.47. The number of methoxy groups -OCH3 is 1. The molecule has 0 saturated carbocycles. The summed E-state index contributed by atoms with van der Waals surface area (Å²) in [6.45, 7) is 0.612. The number of carboxylic acid groups (broad SMARTS) is 1. The Morgan fingerprint density at radius 2 is 1.72 bits per heavy atom. The molecule has 0 atom stereocenters. The highest BCUT2D eigenvalue weighted by Gasteiger charge is 2.11. The van der Waals surface area contributed by atoms with E-state index in [1.807, 2.05) is 66.7 Å². The number of ether oxygens (including phenoxy) is 1. The predicted molar refractivity (Wildman–Crippen MR) is 114 cm³/mol. The molecule has 0 fully saturated rings. The fraction of sp³-hybridized carbons (Fsp3) is 0.167. The summed E-state index contributed by atoms with van der Waals surface area (Å²) in [5.41, 5.74) is 5.60. The van der Waals surface area contributed by atoms with Crippen LogP contribution in [0.25, 0.3) is 0 Å². The van der Waals surface area contributed by atoms with Crippen LogP contribution in [0.2, 0.25) is 0 Å². The van der Waals surface area contributed by atoms with Gasteiger partial charge in [-0.3, -0.25) is 10.2 Å². The third-order valence-electron chi connectivity index (χ3n) is 4.70. The summed E-state index contributed by atoms with van der Waals surface area (Å²) in [7, 11) is 1.61. The SMILES string of the molecule is COc1cc(CCC(=O)O)ccc1NCc1cccc(C(=[NH2+])c2ccccc2)c1. The molecule has 0 aliphatic heterocycles. The first-order chi connectivity index (χ1) is 14.1. The van der Waals surface area contributed by atoms with Crippen molar-refractivity contribution in [2.24, 2.45) is 0 Å².